The molecule has 0 bridgehead atoms. The molecule has 0 aliphatic carbocycles. The van der Waals surface area contributed by atoms with Gasteiger partial charge in [0.25, 0.3) is 0 Å². The molecular formula is C13H24N4. The van der Waals surface area contributed by atoms with E-state index in [1.165, 1.54) is 38.2 Å². The first-order valence-electron chi connectivity index (χ1n) is 6.68. The molecule has 0 radical (unpaired) electrons. The smallest absolute Gasteiger partial charge is 0.0945 e. The number of imidazole rings is 1. The van der Waals surface area contributed by atoms with Gasteiger partial charge in [0.1, 0.15) is 0 Å². The molecule has 0 spiro atoms. The maximum absolute atomic E-state index is 4.18. The van der Waals surface area contributed by atoms with Gasteiger partial charge in [0.05, 0.1) is 12.0 Å². The van der Waals surface area contributed by atoms with Crippen molar-refractivity contribution in [3.05, 3.63) is 18.2 Å². The third kappa shape index (κ3) is 3.54. The number of aromatic nitrogens is 2. The standard InChI is InChI=1S/C13H24N4/c1-3-17(9-12-4-6-14-7-5-12)10-13-8-15-11-16(13)2/h8,11-12,14H,3-7,9-10H2,1-2H3. The van der Waals surface area contributed by atoms with Gasteiger partial charge in [-0.1, -0.05) is 6.92 Å². The number of hydrogen-bond acceptors (Lipinski definition) is 3. The Morgan fingerprint density at radius 3 is 2.82 bits per heavy atom. The van der Waals surface area contributed by atoms with E-state index in [2.05, 4.69) is 33.7 Å². The van der Waals surface area contributed by atoms with Gasteiger partial charge in [-0.2, -0.15) is 0 Å². The molecule has 0 aromatic carbocycles. The summed E-state index contributed by atoms with van der Waals surface area (Å²) in [7, 11) is 2.07. The lowest BCUT2D eigenvalue weighted by molar-refractivity contribution is 0.204. The molecule has 17 heavy (non-hydrogen) atoms. The number of nitrogens with zero attached hydrogens (tertiary/aromatic N) is 3. The van der Waals surface area contributed by atoms with E-state index in [1.54, 1.807) is 0 Å². The number of aryl methyl sites for hydroxylation is 1. The van der Waals surface area contributed by atoms with Crippen molar-refractivity contribution in [3.63, 3.8) is 0 Å². The molecule has 1 N–H and O–H groups in total. The number of rotatable bonds is 5. The molecule has 0 unspecified atom stereocenters. The molecule has 1 fully saturated rings. The minimum absolute atomic E-state index is 0.865. The van der Waals surface area contributed by atoms with E-state index in [-0.39, 0.29) is 0 Å². The third-order valence-corrected chi connectivity index (χ3v) is 3.72. The molecular weight excluding hydrogens is 212 g/mol. The summed E-state index contributed by atoms with van der Waals surface area (Å²) in [5.41, 5.74) is 1.31. The van der Waals surface area contributed by atoms with Gasteiger partial charge in [-0.3, -0.25) is 4.90 Å². The summed E-state index contributed by atoms with van der Waals surface area (Å²) >= 11 is 0. The van der Waals surface area contributed by atoms with Crippen LogP contribution in [0, 0.1) is 5.92 Å². The monoisotopic (exact) mass is 236 g/mol. The molecule has 0 amide bonds. The summed E-state index contributed by atoms with van der Waals surface area (Å²) in [6, 6.07) is 0. The van der Waals surface area contributed by atoms with E-state index < -0.39 is 0 Å². The fourth-order valence-electron chi connectivity index (χ4n) is 2.50. The average molecular weight is 236 g/mol. The molecule has 4 heteroatoms. The first-order chi connectivity index (χ1) is 8.29. The summed E-state index contributed by atoms with van der Waals surface area (Å²) in [5.74, 6) is 0.865. The van der Waals surface area contributed by atoms with Gasteiger partial charge in [0.15, 0.2) is 0 Å². The Morgan fingerprint density at radius 1 is 1.47 bits per heavy atom. The Bertz CT molecular complexity index is 328. The zero-order chi connectivity index (χ0) is 12.1. The van der Waals surface area contributed by atoms with Crippen LogP contribution in [0.4, 0.5) is 0 Å². The lowest BCUT2D eigenvalue weighted by Crippen LogP contribution is -2.36. The van der Waals surface area contributed by atoms with Gasteiger partial charge >= 0.3 is 0 Å². The van der Waals surface area contributed by atoms with Crippen LogP contribution in [0.5, 0.6) is 0 Å². The second kappa shape index (κ2) is 6.17. The molecule has 1 aromatic rings. The molecule has 2 rings (SSSR count). The molecule has 0 atom stereocenters. The molecule has 1 aliphatic rings. The summed E-state index contributed by atoms with van der Waals surface area (Å²) in [6.07, 6.45) is 6.50. The van der Waals surface area contributed by atoms with Crippen molar-refractivity contribution < 1.29 is 0 Å². The third-order valence-electron chi connectivity index (χ3n) is 3.72. The lowest BCUT2D eigenvalue weighted by Gasteiger charge is -2.29. The van der Waals surface area contributed by atoms with Crippen LogP contribution in [-0.4, -0.2) is 40.6 Å². The van der Waals surface area contributed by atoms with Gasteiger partial charge in [-0.25, -0.2) is 4.98 Å². The summed E-state index contributed by atoms with van der Waals surface area (Å²) in [4.78, 5) is 6.72. The number of nitrogens with one attached hydrogen (secondary N) is 1. The van der Waals surface area contributed by atoms with Gasteiger partial charge in [-0.15, -0.1) is 0 Å². The van der Waals surface area contributed by atoms with Gasteiger partial charge in [-0.05, 0) is 38.4 Å². The highest BCUT2D eigenvalue weighted by Gasteiger charge is 2.16. The van der Waals surface area contributed by atoms with Crippen LogP contribution in [0.15, 0.2) is 12.5 Å². The zero-order valence-corrected chi connectivity index (χ0v) is 11.0. The second-order valence-electron chi connectivity index (χ2n) is 5.02. The number of hydrogen-bond donors (Lipinski definition) is 1. The van der Waals surface area contributed by atoms with Crippen LogP contribution < -0.4 is 5.32 Å². The summed E-state index contributed by atoms with van der Waals surface area (Å²) in [6.45, 7) is 7.99. The van der Waals surface area contributed by atoms with E-state index in [0.717, 1.165) is 19.0 Å². The quantitative estimate of drug-likeness (QED) is 0.835. The molecule has 0 saturated carbocycles. The van der Waals surface area contributed by atoms with Crippen LogP contribution in [0.25, 0.3) is 0 Å². The van der Waals surface area contributed by atoms with Crippen molar-refractivity contribution in [2.45, 2.75) is 26.3 Å². The van der Waals surface area contributed by atoms with E-state index >= 15 is 0 Å². The van der Waals surface area contributed by atoms with Crippen molar-refractivity contribution in [1.82, 2.24) is 19.8 Å². The minimum Gasteiger partial charge on any atom is -0.337 e. The van der Waals surface area contributed by atoms with Crippen LogP contribution in [0.1, 0.15) is 25.5 Å². The maximum atomic E-state index is 4.18. The Hall–Kier alpha value is -0.870. The lowest BCUT2D eigenvalue weighted by atomic mass is 9.97. The van der Waals surface area contributed by atoms with Gasteiger partial charge in [0, 0.05) is 26.3 Å². The zero-order valence-electron chi connectivity index (χ0n) is 11.0. The maximum Gasteiger partial charge on any atom is 0.0945 e. The van der Waals surface area contributed by atoms with Crippen LogP contribution in [0.3, 0.4) is 0 Å². The Labute approximate surface area is 104 Å². The van der Waals surface area contributed by atoms with Crippen molar-refractivity contribution >= 4 is 0 Å². The predicted molar refractivity (Wildman–Crippen MR) is 69.8 cm³/mol. The van der Waals surface area contributed by atoms with Gasteiger partial charge < -0.3 is 9.88 Å². The van der Waals surface area contributed by atoms with Crippen LogP contribution in [-0.2, 0) is 13.6 Å². The van der Waals surface area contributed by atoms with Crippen LogP contribution in [0.2, 0.25) is 0 Å². The molecule has 4 nitrogen and oxygen atoms in total. The first kappa shape index (κ1) is 12.6. The predicted octanol–water partition coefficient (Wildman–Crippen LogP) is 1.24. The fourth-order valence-corrected chi connectivity index (χ4v) is 2.50. The second-order valence-corrected chi connectivity index (χ2v) is 5.02. The number of piperidine rings is 1. The van der Waals surface area contributed by atoms with Crippen molar-refractivity contribution in [2.24, 2.45) is 13.0 Å². The topological polar surface area (TPSA) is 33.1 Å². The average Bonchev–Trinajstić information content (AvgIpc) is 2.75. The van der Waals surface area contributed by atoms with Gasteiger partial charge in [0.2, 0.25) is 0 Å². The normalized spacial score (nSPS) is 17.8. The molecule has 2 heterocycles. The molecule has 1 aliphatic heterocycles. The van der Waals surface area contributed by atoms with Crippen molar-refractivity contribution in [2.75, 3.05) is 26.2 Å². The SMILES string of the molecule is CCN(Cc1cncn1C)CC1CCNCC1. The molecule has 1 saturated heterocycles. The summed E-state index contributed by atoms with van der Waals surface area (Å²) in [5, 5.41) is 3.43. The largest absolute Gasteiger partial charge is 0.337 e. The van der Waals surface area contributed by atoms with Crippen molar-refractivity contribution in [1.29, 1.82) is 0 Å². The van der Waals surface area contributed by atoms with Crippen molar-refractivity contribution in [3.8, 4) is 0 Å². The van der Waals surface area contributed by atoms with E-state index in [4.69, 9.17) is 0 Å². The van der Waals surface area contributed by atoms with Crippen LogP contribution >= 0.6 is 0 Å². The van der Waals surface area contributed by atoms with E-state index in [0.29, 0.717) is 0 Å². The highest BCUT2D eigenvalue weighted by atomic mass is 15.2. The highest BCUT2D eigenvalue weighted by molar-refractivity contribution is 4.97. The van der Waals surface area contributed by atoms with E-state index in [9.17, 15) is 0 Å². The van der Waals surface area contributed by atoms with E-state index in [1.807, 2.05) is 12.5 Å². The Balaban J connectivity index is 1.85. The fraction of sp³-hybridized carbons (Fsp3) is 0.769. The molecule has 1 aromatic heterocycles. The summed E-state index contributed by atoms with van der Waals surface area (Å²) < 4.78 is 2.12. The molecule has 96 valence electrons. The highest BCUT2D eigenvalue weighted by Crippen LogP contribution is 2.14. The first-order valence-corrected chi connectivity index (χ1v) is 6.68. The minimum atomic E-state index is 0.865. The Morgan fingerprint density at radius 2 is 2.24 bits per heavy atom. The Kier molecular flexibility index (Phi) is 4.57.